The van der Waals surface area contributed by atoms with E-state index in [9.17, 15) is 13.2 Å². The maximum atomic E-state index is 12.1. The van der Waals surface area contributed by atoms with E-state index in [-0.39, 0.29) is 18.1 Å². The lowest BCUT2D eigenvalue weighted by atomic mass is 10.3. The molecule has 7 nitrogen and oxygen atoms in total. The molecule has 1 atom stereocenters. The highest BCUT2D eigenvalue weighted by molar-refractivity contribution is 7.89. The summed E-state index contributed by atoms with van der Waals surface area (Å²) < 4.78 is 30.8. The predicted molar refractivity (Wildman–Crippen MR) is 84.1 cm³/mol. The van der Waals surface area contributed by atoms with E-state index in [1.54, 1.807) is 0 Å². The number of hydrogen-bond donors (Lipinski definition) is 1. The zero-order chi connectivity index (χ0) is 16.0. The maximum absolute atomic E-state index is 12.1. The van der Waals surface area contributed by atoms with Gasteiger partial charge in [0.15, 0.2) is 0 Å². The maximum Gasteiger partial charge on any atom is 0.221 e. The fourth-order valence-electron chi connectivity index (χ4n) is 2.84. The average molecular weight is 333 g/mol. The van der Waals surface area contributed by atoms with Crippen LogP contribution in [0.15, 0.2) is 0 Å². The first-order valence-corrected chi connectivity index (χ1v) is 9.66. The number of carbonyl (C=O) groups is 1. The summed E-state index contributed by atoms with van der Waals surface area (Å²) in [5.74, 6) is -0.320. The van der Waals surface area contributed by atoms with Gasteiger partial charge in [-0.3, -0.25) is 9.69 Å². The fourth-order valence-corrected chi connectivity index (χ4v) is 4.24. The Morgan fingerprint density at radius 1 is 1.18 bits per heavy atom. The lowest BCUT2D eigenvalue weighted by Gasteiger charge is -2.26. The molecule has 2 rings (SSSR count). The van der Waals surface area contributed by atoms with Gasteiger partial charge in [-0.15, -0.1) is 0 Å². The van der Waals surface area contributed by atoms with E-state index in [0.717, 1.165) is 13.1 Å². The van der Waals surface area contributed by atoms with Gasteiger partial charge in [-0.25, -0.2) is 8.42 Å². The molecular weight excluding hydrogens is 306 g/mol. The van der Waals surface area contributed by atoms with Crippen LogP contribution >= 0.6 is 0 Å². The third-order valence-corrected chi connectivity index (χ3v) is 6.18. The zero-order valence-corrected chi connectivity index (χ0v) is 14.1. The minimum absolute atomic E-state index is 0.0202. The SMILES string of the molecule is CC(CNC(=O)CCS(=O)(=O)N1CCOCC1)N1CCCC1. The van der Waals surface area contributed by atoms with Gasteiger partial charge in [0.1, 0.15) is 0 Å². The molecule has 128 valence electrons. The van der Waals surface area contributed by atoms with Gasteiger partial charge in [-0.05, 0) is 32.9 Å². The second-order valence-corrected chi connectivity index (χ2v) is 8.06. The third kappa shape index (κ3) is 5.19. The van der Waals surface area contributed by atoms with E-state index in [0.29, 0.717) is 38.9 Å². The molecule has 2 heterocycles. The van der Waals surface area contributed by atoms with Gasteiger partial charge < -0.3 is 10.1 Å². The summed E-state index contributed by atoms with van der Waals surface area (Å²) in [6.45, 7) is 6.47. The Bertz CT molecular complexity index is 457. The fraction of sp³-hybridized carbons (Fsp3) is 0.929. The Morgan fingerprint density at radius 2 is 1.82 bits per heavy atom. The van der Waals surface area contributed by atoms with Crippen molar-refractivity contribution in [2.75, 3.05) is 51.7 Å². The Hall–Kier alpha value is -0.700. The van der Waals surface area contributed by atoms with Gasteiger partial charge in [-0.1, -0.05) is 0 Å². The summed E-state index contributed by atoms with van der Waals surface area (Å²) in [5, 5.41) is 2.85. The number of rotatable bonds is 7. The molecule has 2 aliphatic rings. The first kappa shape index (κ1) is 17.7. The van der Waals surface area contributed by atoms with Crippen molar-refractivity contribution in [3.63, 3.8) is 0 Å². The smallest absolute Gasteiger partial charge is 0.221 e. The number of sulfonamides is 1. The van der Waals surface area contributed by atoms with Crippen molar-refractivity contribution in [2.45, 2.75) is 32.2 Å². The Balaban J connectivity index is 1.68. The van der Waals surface area contributed by atoms with Crippen LogP contribution in [0.2, 0.25) is 0 Å². The van der Waals surface area contributed by atoms with Crippen molar-refractivity contribution in [2.24, 2.45) is 0 Å². The molecule has 0 aliphatic carbocycles. The van der Waals surface area contributed by atoms with Crippen molar-refractivity contribution in [1.82, 2.24) is 14.5 Å². The summed E-state index contributed by atoms with van der Waals surface area (Å²) in [7, 11) is -3.35. The monoisotopic (exact) mass is 333 g/mol. The van der Waals surface area contributed by atoms with E-state index >= 15 is 0 Å². The predicted octanol–water partition coefficient (Wildman–Crippen LogP) is -0.361. The molecule has 1 unspecified atom stereocenters. The van der Waals surface area contributed by atoms with E-state index in [1.807, 2.05) is 0 Å². The molecule has 2 fully saturated rings. The lowest BCUT2D eigenvalue weighted by Crippen LogP contribution is -2.43. The zero-order valence-electron chi connectivity index (χ0n) is 13.3. The van der Waals surface area contributed by atoms with Crippen LogP contribution in [-0.2, 0) is 19.6 Å². The van der Waals surface area contributed by atoms with Crippen LogP contribution in [0.25, 0.3) is 0 Å². The van der Waals surface area contributed by atoms with Crippen LogP contribution in [-0.4, -0.2) is 81.3 Å². The highest BCUT2D eigenvalue weighted by Crippen LogP contribution is 2.11. The number of carbonyl (C=O) groups excluding carboxylic acids is 1. The molecule has 8 heteroatoms. The number of amides is 1. The Morgan fingerprint density at radius 3 is 2.45 bits per heavy atom. The summed E-state index contributed by atoms with van der Waals surface area (Å²) in [4.78, 5) is 14.2. The van der Waals surface area contributed by atoms with E-state index in [1.165, 1.54) is 17.1 Å². The molecule has 22 heavy (non-hydrogen) atoms. The number of hydrogen-bond acceptors (Lipinski definition) is 5. The molecule has 2 saturated heterocycles. The summed E-state index contributed by atoms with van der Waals surface area (Å²) >= 11 is 0. The minimum Gasteiger partial charge on any atom is -0.379 e. The van der Waals surface area contributed by atoms with E-state index < -0.39 is 10.0 Å². The molecule has 0 saturated carbocycles. The highest BCUT2D eigenvalue weighted by Gasteiger charge is 2.25. The number of morpholine rings is 1. The van der Waals surface area contributed by atoms with Crippen LogP contribution in [0.5, 0.6) is 0 Å². The van der Waals surface area contributed by atoms with Crippen LogP contribution in [0.4, 0.5) is 0 Å². The molecular formula is C14H27N3O4S. The summed E-state index contributed by atoms with van der Waals surface area (Å²) in [5.41, 5.74) is 0. The summed E-state index contributed by atoms with van der Waals surface area (Å²) in [6.07, 6.45) is 2.46. The third-order valence-electron chi connectivity index (χ3n) is 4.31. The standard InChI is InChI=1S/C14H27N3O4S/c1-13(16-5-2-3-6-16)12-15-14(18)4-11-22(19,20)17-7-9-21-10-8-17/h13H,2-12H2,1H3,(H,15,18). The molecule has 0 aromatic rings. The van der Waals surface area contributed by atoms with Crippen LogP contribution < -0.4 is 5.32 Å². The second kappa shape index (κ2) is 8.24. The van der Waals surface area contributed by atoms with E-state index in [4.69, 9.17) is 4.74 Å². The molecule has 0 bridgehead atoms. The second-order valence-electron chi connectivity index (χ2n) is 5.97. The van der Waals surface area contributed by atoms with Crippen LogP contribution in [0, 0.1) is 0 Å². The van der Waals surface area contributed by atoms with Gasteiger partial charge in [0, 0.05) is 32.1 Å². The van der Waals surface area contributed by atoms with Gasteiger partial charge >= 0.3 is 0 Å². The molecule has 0 aromatic carbocycles. The topological polar surface area (TPSA) is 79.0 Å². The number of nitrogens with zero attached hydrogens (tertiary/aromatic N) is 2. The van der Waals surface area contributed by atoms with Crippen molar-refractivity contribution >= 4 is 15.9 Å². The number of likely N-dealkylation sites (tertiary alicyclic amines) is 1. The van der Waals surface area contributed by atoms with Crippen LogP contribution in [0.1, 0.15) is 26.2 Å². The van der Waals surface area contributed by atoms with Gasteiger partial charge in [-0.2, -0.15) is 4.31 Å². The van der Waals surface area contributed by atoms with Crippen LogP contribution in [0.3, 0.4) is 0 Å². The Kier molecular flexibility index (Phi) is 6.61. The normalized spacial score (nSPS) is 22.6. The van der Waals surface area contributed by atoms with Crippen molar-refractivity contribution in [1.29, 1.82) is 0 Å². The van der Waals surface area contributed by atoms with Crippen molar-refractivity contribution in [3.05, 3.63) is 0 Å². The molecule has 1 N–H and O–H groups in total. The number of ether oxygens (including phenoxy) is 1. The van der Waals surface area contributed by atoms with Gasteiger partial charge in [0.25, 0.3) is 0 Å². The molecule has 0 spiro atoms. The number of nitrogens with one attached hydrogen (secondary N) is 1. The van der Waals surface area contributed by atoms with Crippen molar-refractivity contribution in [3.8, 4) is 0 Å². The highest BCUT2D eigenvalue weighted by atomic mass is 32.2. The van der Waals surface area contributed by atoms with Gasteiger partial charge in [0.05, 0.1) is 19.0 Å². The molecule has 2 aliphatic heterocycles. The first-order valence-electron chi connectivity index (χ1n) is 8.05. The van der Waals surface area contributed by atoms with Gasteiger partial charge in [0.2, 0.25) is 15.9 Å². The van der Waals surface area contributed by atoms with E-state index in [2.05, 4.69) is 17.1 Å². The average Bonchev–Trinajstić information content (AvgIpc) is 3.06. The lowest BCUT2D eigenvalue weighted by molar-refractivity contribution is -0.120. The Labute approximate surface area is 133 Å². The largest absolute Gasteiger partial charge is 0.379 e. The first-order chi connectivity index (χ1) is 10.5. The quantitative estimate of drug-likeness (QED) is 0.688. The summed E-state index contributed by atoms with van der Waals surface area (Å²) in [6, 6.07) is 0.308. The van der Waals surface area contributed by atoms with Crippen molar-refractivity contribution < 1.29 is 17.9 Å². The minimum atomic E-state index is -3.35. The molecule has 0 radical (unpaired) electrons. The molecule has 1 amide bonds. The molecule has 0 aromatic heterocycles.